The van der Waals surface area contributed by atoms with Gasteiger partial charge in [0.05, 0.1) is 18.8 Å². The number of morpholine rings is 1. The van der Waals surface area contributed by atoms with E-state index < -0.39 is 0 Å². The summed E-state index contributed by atoms with van der Waals surface area (Å²) < 4.78 is 5.29. The molecular formula is C16H17ClN4O2. The van der Waals surface area contributed by atoms with Crippen molar-refractivity contribution >= 4 is 23.5 Å². The van der Waals surface area contributed by atoms with Crippen molar-refractivity contribution < 1.29 is 9.53 Å². The summed E-state index contributed by atoms with van der Waals surface area (Å²) >= 11 is 5.83. The monoisotopic (exact) mass is 332 g/mol. The smallest absolute Gasteiger partial charge is 0.254 e. The Hall–Kier alpha value is -2.18. The van der Waals surface area contributed by atoms with Crippen LogP contribution in [0.2, 0.25) is 5.02 Å². The summed E-state index contributed by atoms with van der Waals surface area (Å²) in [5, 5.41) is 3.51. The predicted molar refractivity (Wildman–Crippen MR) is 87.7 cm³/mol. The van der Waals surface area contributed by atoms with E-state index in [2.05, 4.69) is 15.3 Å². The Morgan fingerprint density at radius 2 is 1.83 bits per heavy atom. The first-order chi connectivity index (χ1) is 11.2. The molecule has 0 spiro atoms. The van der Waals surface area contributed by atoms with Crippen molar-refractivity contribution in [2.45, 2.75) is 6.54 Å². The summed E-state index contributed by atoms with van der Waals surface area (Å²) in [6.07, 6.45) is 3.10. The molecule has 1 aromatic heterocycles. The van der Waals surface area contributed by atoms with Gasteiger partial charge in [-0.3, -0.25) is 4.79 Å². The van der Waals surface area contributed by atoms with Crippen LogP contribution in [0.15, 0.2) is 36.7 Å². The third-order valence-electron chi connectivity index (χ3n) is 3.56. The molecule has 6 nitrogen and oxygen atoms in total. The Labute approximate surface area is 139 Å². The summed E-state index contributed by atoms with van der Waals surface area (Å²) in [6.45, 7) is 3.31. The lowest BCUT2D eigenvalue weighted by atomic mass is 10.2. The van der Waals surface area contributed by atoms with Crippen molar-refractivity contribution in [1.82, 2.24) is 15.3 Å². The minimum absolute atomic E-state index is 0.200. The average Bonchev–Trinajstić information content (AvgIpc) is 2.62. The number of nitrogens with one attached hydrogen (secondary N) is 1. The van der Waals surface area contributed by atoms with Gasteiger partial charge >= 0.3 is 0 Å². The number of hydrogen-bond donors (Lipinski definition) is 1. The van der Waals surface area contributed by atoms with Crippen LogP contribution in [0.25, 0.3) is 0 Å². The maximum Gasteiger partial charge on any atom is 0.254 e. The van der Waals surface area contributed by atoms with Crippen LogP contribution < -0.4 is 10.2 Å². The molecule has 3 rings (SSSR count). The molecule has 1 aliphatic heterocycles. The molecule has 0 saturated carbocycles. The minimum atomic E-state index is -0.200. The van der Waals surface area contributed by atoms with Gasteiger partial charge in [-0.25, -0.2) is 9.97 Å². The lowest BCUT2D eigenvalue weighted by Gasteiger charge is -2.26. The van der Waals surface area contributed by atoms with Gasteiger partial charge in [0, 0.05) is 37.1 Å². The highest BCUT2D eigenvalue weighted by atomic mass is 35.5. The summed E-state index contributed by atoms with van der Waals surface area (Å²) in [5.41, 5.74) is 1.42. The van der Waals surface area contributed by atoms with Gasteiger partial charge in [-0.1, -0.05) is 23.7 Å². The van der Waals surface area contributed by atoms with Crippen LogP contribution in [-0.2, 0) is 11.3 Å². The molecule has 1 N–H and O–H groups in total. The summed E-state index contributed by atoms with van der Waals surface area (Å²) in [5.74, 6) is 0.427. The SMILES string of the molecule is O=C(NCc1ccc(Cl)cc1)c1cnc(N2CCOCC2)nc1. The zero-order valence-corrected chi connectivity index (χ0v) is 13.3. The molecule has 2 heterocycles. The molecule has 120 valence electrons. The number of nitrogens with zero attached hydrogens (tertiary/aromatic N) is 3. The first-order valence-corrected chi connectivity index (χ1v) is 7.77. The third kappa shape index (κ3) is 4.18. The predicted octanol–water partition coefficient (Wildman–Crippen LogP) is 1.90. The molecule has 2 aromatic rings. The summed E-state index contributed by atoms with van der Waals surface area (Å²) in [7, 11) is 0. The van der Waals surface area contributed by atoms with Crippen LogP contribution in [0.4, 0.5) is 5.95 Å². The number of amides is 1. The van der Waals surface area contributed by atoms with Crippen LogP contribution in [0.3, 0.4) is 0 Å². The lowest BCUT2D eigenvalue weighted by molar-refractivity contribution is 0.0950. The lowest BCUT2D eigenvalue weighted by Crippen LogP contribution is -2.37. The Bertz CT molecular complexity index is 655. The van der Waals surface area contributed by atoms with Crippen molar-refractivity contribution in [3.05, 3.63) is 52.8 Å². The fourth-order valence-electron chi connectivity index (χ4n) is 2.25. The first-order valence-electron chi connectivity index (χ1n) is 7.40. The second-order valence-electron chi connectivity index (χ2n) is 5.18. The second-order valence-corrected chi connectivity index (χ2v) is 5.62. The van der Waals surface area contributed by atoms with Gasteiger partial charge in [0.1, 0.15) is 0 Å². The highest BCUT2D eigenvalue weighted by Gasteiger charge is 2.14. The van der Waals surface area contributed by atoms with E-state index in [0.717, 1.165) is 18.7 Å². The number of carbonyl (C=O) groups excluding carboxylic acids is 1. The molecule has 1 aliphatic rings. The Balaban J connectivity index is 1.57. The van der Waals surface area contributed by atoms with Gasteiger partial charge in [0.25, 0.3) is 5.91 Å². The van der Waals surface area contributed by atoms with Crippen molar-refractivity contribution in [1.29, 1.82) is 0 Å². The van der Waals surface area contributed by atoms with Crippen LogP contribution in [-0.4, -0.2) is 42.2 Å². The molecule has 1 saturated heterocycles. The van der Waals surface area contributed by atoms with Gasteiger partial charge in [-0.15, -0.1) is 0 Å². The van der Waals surface area contributed by atoms with Crippen molar-refractivity contribution in [3.63, 3.8) is 0 Å². The Kier molecular flexibility index (Phi) is 5.05. The van der Waals surface area contributed by atoms with E-state index in [1.807, 2.05) is 17.0 Å². The maximum atomic E-state index is 12.1. The normalized spacial score (nSPS) is 14.6. The van der Waals surface area contributed by atoms with Crippen LogP contribution in [0, 0.1) is 0 Å². The van der Waals surface area contributed by atoms with E-state index in [9.17, 15) is 4.79 Å². The highest BCUT2D eigenvalue weighted by Crippen LogP contribution is 2.11. The van der Waals surface area contributed by atoms with Crippen LogP contribution in [0.1, 0.15) is 15.9 Å². The second kappa shape index (κ2) is 7.39. The van der Waals surface area contributed by atoms with E-state index in [4.69, 9.17) is 16.3 Å². The number of aromatic nitrogens is 2. The summed E-state index contributed by atoms with van der Waals surface area (Å²) in [6, 6.07) is 7.34. The van der Waals surface area contributed by atoms with Crippen LogP contribution >= 0.6 is 11.6 Å². The molecule has 7 heteroatoms. The van der Waals surface area contributed by atoms with Gasteiger partial charge in [0.15, 0.2) is 0 Å². The van der Waals surface area contributed by atoms with E-state index in [0.29, 0.717) is 36.3 Å². The van der Waals surface area contributed by atoms with Crippen molar-refractivity contribution in [2.24, 2.45) is 0 Å². The standard InChI is InChI=1S/C16H17ClN4O2/c17-14-3-1-12(2-4-14)9-18-15(22)13-10-19-16(20-11-13)21-5-7-23-8-6-21/h1-4,10-11H,5-9H2,(H,18,22). The van der Waals surface area contributed by atoms with Crippen molar-refractivity contribution in [3.8, 4) is 0 Å². The molecule has 1 fully saturated rings. The molecule has 0 radical (unpaired) electrons. The molecule has 0 bridgehead atoms. The van der Waals surface area contributed by atoms with E-state index in [1.54, 1.807) is 24.5 Å². The maximum absolute atomic E-state index is 12.1. The van der Waals surface area contributed by atoms with Gasteiger partial charge < -0.3 is 15.0 Å². The largest absolute Gasteiger partial charge is 0.378 e. The minimum Gasteiger partial charge on any atom is -0.378 e. The average molecular weight is 333 g/mol. The number of carbonyl (C=O) groups is 1. The molecule has 0 unspecified atom stereocenters. The third-order valence-corrected chi connectivity index (χ3v) is 3.81. The molecule has 1 aromatic carbocycles. The van der Waals surface area contributed by atoms with E-state index in [-0.39, 0.29) is 5.91 Å². The van der Waals surface area contributed by atoms with Crippen molar-refractivity contribution in [2.75, 3.05) is 31.2 Å². The number of halogens is 1. The van der Waals surface area contributed by atoms with Gasteiger partial charge in [-0.2, -0.15) is 0 Å². The van der Waals surface area contributed by atoms with E-state index in [1.165, 1.54) is 0 Å². The summed E-state index contributed by atoms with van der Waals surface area (Å²) in [4.78, 5) is 22.7. The Morgan fingerprint density at radius 3 is 2.48 bits per heavy atom. The number of benzene rings is 1. The van der Waals surface area contributed by atoms with E-state index >= 15 is 0 Å². The first kappa shape index (κ1) is 15.7. The molecule has 0 aliphatic carbocycles. The number of anilines is 1. The quantitative estimate of drug-likeness (QED) is 0.926. The zero-order valence-electron chi connectivity index (χ0n) is 12.5. The molecule has 23 heavy (non-hydrogen) atoms. The molecular weight excluding hydrogens is 316 g/mol. The number of hydrogen-bond acceptors (Lipinski definition) is 5. The topological polar surface area (TPSA) is 67.4 Å². The van der Waals surface area contributed by atoms with Gasteiger partial charge in [0.2, 0.25) is 5.95 Å². The molecule has 0 atom stereocenters. The van der Waals surface area contributed by atoms with Gasteiger partial charge in [-0.05, 0) is 17.7 Å². The number of rotatable bonds is 4. The zero-order chi connectivity index (χ0) is 16.1. The fourth-order valence-corrected chi connectivity index (χ4v) is 2.38. The molecule has 1 amide bonds. The fraction of sp³-hybridized carbons (Fsp3) is 0.312. The highest BCUT2D eigenvalue weighted by molar-refractivity contribution is 6.30. The number of ether oxygens (including phenoxy) is 1. The van der Waals surface area contributed by atoms with Crippen LogP contribution in [0.5, 0.6) is 0 Å². The Morgan fingerprint density at radius 1 is 1.17 bits per heavy atom.